The van der Waals surface area contributed by atoms with Gasteiger partial charge in [0.1, 0.15) is 11.5 Å². The first-order valence-electron chi connectivity index (χ1n) is 6.44. The summed E-state index contributed by atoms with van der Waals surface area (Å²) in [6.45, 7) is 3.16. The third-order valence-corrected chi connectivity index (χ3v) is 4.93. The molecule has 4 N–H and O–H groups in total. The number of nitrogens with two attached hydrogens (primary N) is 1. The number of rotatable bonds is 6. The molecule has 2 rings (SSSR count). The average molecular weight is 284 g/mol. The van der Waals surface area contributed by atoms with E-state index in [0.717, 1.165) is 19.3 Å². The van der Waals surface area contributed by atoms with Gasteiger partial charge in [0.25, 0.3) is 5.56 Å². The first-order valence-corrected chi connectivity index (χ1v) is 7.67. The van der Waals surface area contributed by atoms with Crippen molar-refractivity contribution in [1.82, 2.24) is 9.55 Å². The molecule has 0 saturated heterocycles. The van der Waals surface area contributed by atoms with Crippen LogP contribution in [0, 0.1) is 0 Å². The monoisotopic (exact) mass is 284 g/mol. The van der Waals surface area contributed by atoms with Crippen molar-refractivity contribution in [2.45, 2.75) is 37.5 Å². The maximum Gasteiger partial charge on any atom is 0.330 e. The van der Waals surface area contributed by atoms with Gasteiger partial charge in [-0.1, -0.05) is 6.92 Å². The highest BCUT2D eigenvalue weighted by Crippen LogP contribution is 2.47. The fraction of sp³-hybridized carbons (Fsp3) is 0.667. The van der Waals surface area contributed by atoms with E-state index in [9.17, 15) is 9.59 Å². The van der Waals surface area contributed by atoms with E-state index in [1.165, 1.54) is 4.57 Å². The van der Waals surface area contributed by atoms with E-state index in [1.807, 2.05) is 6.92 Å². The van der Waals surface area contributed by atoms with Crippen LogP contribution < -0.4 is 22.3 Å². The second-order valence-electron chi connectivity index (χ2n) is 4.91. The van der Waals surface area contributed by atoms with Gasteiger partial charge in [0.15, 0.2) is 0 Å². The van der Waals surface area contributed by atoms with Crippen LogP contribution in [0.5, 0.6) is 0 Å². The van der Waals surface area contributed by atoms with Crippen LogP contribution in [0.15, 0.2) is 9.59 Å². The van der Waals surface area contributed by atoms with Gasteiger partial charge in [-0.3, -0.25) is 14.3 Å². The molecule has 106 valence electrons. The number of thioether (sulfide) groups is 1. The zero-order valence-electron chi connectivity index (χ0n) is 11.3. The van der Waals surface area contributed by atoms with Gasteiger partial charge in [0.2, 0.25) is 0 Å². The minimum Gasteiger partial charge on any atom is -0.383 e. The number of aromatic nitrogens is 2. The molecule has 1 heterocycles. The third-order valence-electron chi connectivity index (χ3n) is 3.51. The number of anilines is 2. The van der Waals surface area contributed by atoms with Crippen LogP contribution >= 0.6 is 11.8 Å². The first-order chi connectivity index (χ1) is 9.03. The molecule has 1 aromatic heterocycles. The van der Waals surface area contributed by atoms with Gasteiger partial charge in [0, 0.05) is 17.8 Å². The number of nitrogens with zero attached hydrogens (tertiary/aromatic N) is 1. The number of nitrogens with one attached hydrogen (secondary N) is 2. The van der Waals surface area contributed by atoms with Crippen molar-refractivity contribution < 1.29 is 0 Å². The van der Waals surface area contributed by atoms with Crippen LogP contribution in [0.2, 0.25) is 0 Å². The van der Waals surface area contributed by atoms with Crippen molar-refractivity contribution >= 4 is 23.3 Å². The van der Waals surface area contributed by atoms with E-state index in [4.69, 9.17) is 5.73 Å². The number of nitrogen functional groups attached to an aromatic ring is 1. The van der Waals surface area contributed by atoms with Gasteiger partial charge in [-0.05, 0) is 25.5 Å². The maximum atomic E-state index is 11.8. The van der Waals surface area contributed by atoms with Crippen molar-refractivity contribution in [3.63, 3.8) is 0 Å². The Labute approximate surface area is 115 Å². The molecule has 0 atom stereocenters. The summed E-state index contributed by atoms with van der Waals surface area (Å²) in [5.74, 6) is 0.229. The summed E-state index contributed by atoms with van der Waals surface area (Å²) in [4.78, 5) is 25.8. The zero-order chi connectivity index (χ0) is 14.0. The molecule has 0 unspecified atom stereocenters. The Kier molecular flexibility index (Phi) is 3.93. The highest BCUT2D eigenvalue weighted by Gasteiger charge is 2.41. The van der Waals surface area contributed by atoms with Crippen molar-refractivity contribution in [1.29, 1.82) is 0 Å². The molecule has 0 aliphatic heterocycles. The molecule has 1 fully saturated rings. The molecule has 0 amide bonds. The van der Waals surface area contributed by atoms with E-state index < -0.39 is 11.2 Å². The molecule has 1 aromatic rings. The second kappa shape index (κ2) is 5.32. The van der Waals surface area contributed by atoms with E-state index in [-0.39, 0.29) is 10.6 Å². The molecular formula is C12H20N4O2S. The highest BCUT2D eigenvalue weighted by atomic mass is 32.2. The Morgan fingerprint density at radius 3 is 2.68 bits per heavy atom. The fourth-order valence-corrected chi connectivity index (χ4v) is 2.77. The Bertz CT molecular complexity index is 574. The Balaban J connectivity index is 2.27. The standard InChI is InChI=1S/C12H20N4O2S/c1-3-6-16-9(13)8(10(17)15-11(16)18)14-7-12(19-2)4-5-12/h14H,3-7,13H2,1-2H3,(H,15,17,18). The van der Waals surface area contributed by atoms with E-state index in [2.05, 4.69) is 16.6 Å². The predicted molar refractivity (Wildman–Crippen MR) is 80.0 cm³/mol. The summed E-state index contributed by atoms with van der Waals surface area (Å²) < 4.78 is 1.63. The molecule has 0 spiro atoms. The largest absolute Gasteiger partial charge is 0.383 e. The van der Waals surface area contributed by atoms with Crippen molar-refractivity contribution in [3.05, 3.63) is 20.8 Å². The topological polar surface area (TPSA) is 92.9 Å². The molecule has 0 bridgehead atoms. The van der Waals surface area contributed by atoms with Crippen LogP contribution in [0.1, 0.15) is 26.2 Å². The smallest absolute Gasteiger partial charge is 0.330 e. The van der Waals surface area contributed by atoms with Gasteiger partial charge < -0.3 is 11.1 Å². The van der Waals surface area contributed by atoms with Crippen LogP contribution in [0.4, 0.5) is 11.5 Å². The summed E-state index contributed by atoms with van der Waals surface area (Å²) in [5, 5.41) is 3.11. The van der Waals surface area contributed by atoms with Gasteiger partial charge in [-0.25, -0.2) is 4.79 Å². The first kappa shape index (κ1) is 14.0. The lowest BCUT2D eigenvalue weighted by Crippen LogP contribution is -2.35. The van der Waals surface area contributed by atoms with E-state index >= 15 is 0 Å². The van der Waals surface area contributed by atoms with Crippen molar-refractivity contribution in [2.75, 3.05) is 23.9 Å². The van der Waals surface area contributed by atoms with Crippen LogP contribution in [-0.2, 0) is 6.54 Å². The molecule has 19 heavy (non-hydrogen) atoms. The van der Waals surface area contributed by atoms with Crippen LogP contribution in [0.3, 0.4) is 0 Å². The lowest BCUT2D eigenvalue weighted by molar-refractivity contribution is 0.642. The lowest BCUT2D eigenvalue weighted by Gasteiger charge is -2.16. The molecule has 7 heteroatoms. The number of H-pyrrole nitrogens is 1. The number of aromatic amines is 1. The van der Waals surface area contributed by atoms with Gasteiger partial charge in [-0.15, -0.1) is 0 Å². The fourth-order valence-electron chi connectivity index (χ4n) is 2.05. The normalized spacial score (nSPS) is 16.3. The summed E-state index contributed by atoms with van der Waals surface area (Å²) in [6.07, 6.45) is 5.14. The van der Waals surface area contributed by atoms with Crippen molar-refractivity contribution in [3.8, 4) is 0 Å². The maximum absolute atomic E-state index is 11.8. The van der Waals surface area contributed by atoms with Crippen molar-refractivity contribution in [2.24, 2.45) is 0 Å². The summed E-state index contributed by atoms with van der Waals surface area (Å²) >= 11 is 1.80. The minimum atomic E-state index is -0.444. The second-order valence-corrected chi connectivity index (χ2v) is 6.19. The quantitative estimate of drug-likeness (QED) is 0.719. The summed E-state index contributed by atoms with van der Waals surface area (Å²) in [5.41, 5.74) is 5.37. The summed E-state index contributed by atoms with van der Waals surface area (Å²) in [6, 6.07) is 0. The molecule has 6 nitrogen and oxygen atoms in total. The van der Waals surface area contributed by atoms with Gasteiger partial charge in [0.05, 0.1) is 0 Å². The molecule has 1 saturated carbocycles. The average Bonchev–Trinajstić information content (AvgIpc) is 3.15. The molecular weight excluding hydrogens is 264 g/mol. The molecule has 1 aliphatic carbocycles. The minimum absolute atomic E-state index is 0.227. The highest BCUT2D eigenvalue weighted by molar-refractivity contribution is 8.00. The Morgan fingerprint density at radius 1 is 1.47 bits per heavy atom. The number of hydrogen-bond acceptors (Lipinski definition) is 5. The Morgan fingerprint density at radius 2 is 2.16 bits per heavy atom. The number of hydrogen-bond donors (Lipinski definition) is 3. The SMILES string of the molecule is CCCn1c(N)c(NCC2(SC)CC2)c(=O)[nH]c1=O. The predicted octanol–water partition coefficient (Wildman–Crippen LogP) is 0.836. The third kappa shape index (κ3) is 2.80. The van der Waals surface area contributed by atoms with E-state index in [1.54, 1.807) is 11.8 Å². The Hall–Kier alpha value is -1.37. The van der Waals surface area contributed by atoms with E-state index in [0.29, 0.717) is 18.8 Å². The molecule has 1 aliphatic rings. The lowest BCUT2D eigenvalue weighted by atomic mass is 10.3. The molecule has 0 radical (unpaired) electrons. The van der Waals surface area contributed by atoms with Crippen LogP contribution in [0.25, 0.3) is 0 Å². The van der Waals surface area contributed by atoms with Gasteiger partial charge in [-0.2, -0.15) is 11.8 Å². The van der Waals surface area contributed by atoms with Gasteiger partial charge >= 0.3 is 5.69 Å². The zero-order valence-corrected chi connectivity index (χ0v) is 12.1. The summed E-state index contributed by atoms with van der Waals surface area (Å²) in [7, 11) is 0. The van der Waals surface area contributed by atoms with Crippen LogP contribution in [-0.4, -0.2) is 27.1 Å². The molecule has 0 aromatic carbocycles.